The molecule has 0 amide bonds. The number of hydrogen-bond acceptors (Lipinski definition) is 4. The molecular weight excluding hydrogens is 222 g/mol. The van der Waals surface area contributed by atoms with E-state index < -0.39 is 5.54 Å². The van der Waals surface area contributed by atoms with Crippen LogP contribution in [0.4, 0.5) is 0 Å². The number of hydrogen-bond donors (Lipinski definition) is 1. The zero-order valence-electron chi connectivity index (χ0n) is 10.1. The molecule has 3 nitrogen and oxygen atoms in total. The quantitative estimate of drug-likeness (QED) is 0.767. The van der Waals surface area contributed by atoms with Gasteiger partial charge in [-0.05, 0) is 50.8 Å². The largest absolute Gasteiger partial charge is 0.468 e. The van der Waals surface area contributed by atoms with E-state index in [1.165, 1.54) is 32.1 Å². The first-order valence-corrected chi connectivity index (χ1v) is 7.14. The molecule has 0 aromatic carbocycles. The van der Waals surface area contributed by atoms with Gasteiger partial charge < -0.3 is 10.1 Å². The van der Waals surface area contributed by atoms with Crippen LogP contribution in [-0.4, -0.2) is 36.2 Å². The van der Waals surface area contributed by atoms with Crippen LogP contribution in [0.3, 0.4) is 0 Å². The van der Waals surface area contributed by atoms with Crippen molar-refractivity contribution in [3.63, 3.8) is 0 Å². The van der Waals surface area contributed by atoms with Crippen LogP contribution >= 0.6 is 11.8 Å². The molecule has 2 saturated heterocycles. The molecule has 2 fully saturated rings. The van der Waals surface area contributed by atoms with Crippen LogP contribution in [0.5, 0.6) is 0 Å². The molecule has 0 aromatic heterocycles. The van der Waals surface area contributed by atoms with Crippen LogP contribution in [0.15, 0.2) is 0 Å². The highest BCUT2D eigenvalue weighted by Gasteiger charge is 2.42. The van der Waals surface area contributed by atoms with Crippen LogP contribution < -0.4 is 5.32 Å². The monoisotopic (exact) mass is 243 g/mol. The number of nitrogens with one attached hydrogen (secondary N) is 1. The molecule has 0 saturated carbocycles. The highest BCUT2D eigenvalue weighted by atomic mass is 32.2. The van der Waals surface area contributed by atoms with Crippen molar-refractivity contribution < 1.29 is 9.53 Å². The van der Waals surface area contributed by atoms with E-state index in [1.807, 2.05) is 6.92 Å². The second-order valence-corrected chi connectivity index (χ2v) is 6.55. The number of methoxy groups -OCH3 is 1. The predicted octanol–water partition coefficient (Wildman–Crippen LogP) is 1.81. The molecule has 2 aliphatic heterocycles. The molecule has 0 spiro atoms. The number of carbonyl (C=O) groups is 1. The lowest BCUT2D eigenvalue weighted by molar-refractivity contribution is -0.147. The molecule has 2 heterocycles. The Bertz CT molecular complexity index is 266. The van der Waals surface area contributed by atoms with E-state index in [2.05, 4.69) is 17.1 Å². The van der Waals surface area contributed by atoms with Gasteiger partial charge in [-0.15, -0.1) is 0 Å². The summed E-state index contributed by atoms with van der Waals surface area (Å²) in [5, 5.41) is 4.15. The predicted molar refractivity (Wildman–Crippen MR) is 66.6 cm³/mol. The van der Waals surface area contributed by atoms with Crippen LogP contribution in [-0.2, 0) is 9.53 Å². The fourth-order valence-corrected chi connectivity index (χ4v) is 4.25. The van der Waals surface area contributed by atoms with Crippen molar-refractivity contribution in [1.82, 2.24) is 5.32 Å². The fourth-order valence-electron chi connectivity index (χ4n) is 2.84. The Kier molecular flexibility index (Phi) is 3.80. The molecule has 92 valence electrons. The molecule has 0 aromatic rings. The maximum Gasteiger partial charge on any atom is 0.325 e. The van der Waals surface area contributed by atoms with E-state index >= 15 is 0 Å². The summed E-state index contributed by atoms with van der Waals surface area (Å²) in [6.45, 7) is 2.92. The summed E-state index contributed by atoms with van der Waals surface area (Å²) in [6.07, 6.45) is 4.90. The summed E-state index contributed by atoms with van der Waals surface area (Å²) in [4.78, 5) is 11.6. The van der Waals surface area contributed by atoms with Gasteiger partial charge in [-0.3, -0.25) is 4.79 Å². The fraction of sp³-hybridized carbons (Fsp3) is 0.917. The van der Waals surface area contributed by atoms with Gasteiger partial charge in [-0.2, -0.15) is 11.8 Å². The first kappa shape index (κ1) is 12.2. The molecule has 2 rings (SSSR count). The third kappa shape index (κ3) is 2.54. The molecule has 16 heavy (non-hydrogen) atoms. The zero-order chi connectivity index (χ0) is 11.6. The van der Waals surface area contributed by atoms with Crippen molar-refractivity contribution in [3.8, 4) is 0 Å². The highest BCUT2D eigenvalue weighted by molar-refractivity contribution is 8.00. The summed E-state index contributed by atoms with van der Waals surface area (Å²) < 4.78 is 4.85. The van der Waals surface area contributed by atoms with Gasteiger partial charge in [0, 0.05) is 5.25 Å². The highest BCUT2D eigenvalue weighted by Crippen LogP contribution is 2.35. The van der Waals surface area contributed by atoms with Gasteiger partial charge in [0.15, 0.2) is 0 Å². The van der Waals surface area contributed by atoms with Crippen molar-refractivity contribution in [3.05, 3.63) is 0 Å². The molecule has 4 heteroatoms. The van der Waals surface area contributed by atoms with Crippen LogP contribution in [0.1, 0.15) is 32.6 Å². The van der Waals surface area contributed by atoms with Crippen LogP contribution in [0.2, 0.25) is 0 Å². The average molecular weight is 243 g/mol. The number of esters is 1. The summed E-state index contributed by atoms with van der Waals surface area (Å²) in [5.41, 5.74) is -0.442. The van der Waals surface area contributed by atoms with Crippen molar-refractivity contribution in [2.45, 2.75) is 43.4 Å². The molecule has 0 aliphatic carbocycles. The standard InChI is InChI=1S/C12H21NO2S/c1-12(11(14)15-2)7-9(8-13-12)6-10-4-3-5-16-10/h9-10,13H,3-8H2,1-2H3. The summed E-state index contributed by atoms with van der Waals surface area (Å²) in [5.74, 6) is 1.84. The molecule has 3 atom stereocenters. The van der Waals surface area contributed by atoms with Gasteiger partial charge >= 0.3 is 5.97 Å². The minimum Gasteiger partial charge on any atom is -0.468 e. The van der Waals surface area contributed by atoms with E-state index in [1.54, 1.807) is 0 Å². The van der Waals surface area contributed by atoms with E-state index in [0.29, 0.717) is 5.92 Å². The Morgan fingerprint density at radius 3 is 3.06 bits per heavy atom. The topological polar surface area (TPSA) is 38.3 Å². The normalized spacial score (nSPS) is 38.9. The van der Waals surface area contributed by atoms with Gasteiger partial charge in [-0.25, -0.2) is 0 Å². The Hall–Kier alpha value is -0.220. The summed E-state index contributed by atoms with van der Waals surface area (Å²) >= 11 is 2.10. The summed E-state index contributed by atoms with van der Waals surface area (Å²) in [7, 11) is 1.47. The molecule has 0 bridgehead atoms. The van der Waals surface area contributed by atoms with E-state index in [0.717, 1.165) is 18.2 Å². The van der Waals surface area contributed by atoms with Gasteiger partial charge in [0.2, 0.25) is 0 Å². The van der Waals surface area contributed by atoms with E-state index in [4.69, 9.17) is 4.74 Å². The van der Waals surface area contributed by atoms with Crippen molar-refractivity contribution >= 4 is 17.7 Å². The number of carbonyl (C=O) groups excluding carboxylic acids is 1. The van der Waals surface area contributed by atoms with Gasteiger partial charge in [0.05, 0.1) is 7.11 Å². The maximum atomic E-state index is 11.6. The minimum atomic E-state index is -0.442. The Morgan fingerprint density at radius 2 is 2.44 bits per heavy atom. The zero-order valence-corrected chi connectivity index (χ0v) is 10.9. The third-order valence-electron chi connectivity index (χ3n) is 3.73. The van der Waals surface area contributed by atoms with E-state index in [9.17, 15) is 4.79 Å². The molecular formula is C12H21NO2S. The first-order valence-electron chi connectivity index (χ1n) is 6.09. The van der Waals surface area contributed by atoms with Gasteiger partial charge in [0.25, 0.3) is 0 Å². The Balaban J connectivity index is 1.84. The minimum absolute atomic E-state index is 0.117. The van der Waals surface area contributed by atoms with Gasteiger partial charge in [-0.1, -0.05) is 0 Å². The number of ether oxygens (including phenoxy) is 1. The molecule has 1 N–H and O–H groups in total. The van der Waals surface area contributed by atoms with E-state index in [-0.39, 0.29) is 5.97 Å². The number of thioether (sulfide) groups is 1. The SMILES string of the molecule is COC(=O)C1(C)CC(CC2CCCS2)CN1. The smallest absolute Gasteiger partial charge is 0.325 e. The lowest BCUT2D eigenvalue weighted by Gasteiger charge is -2.21. The summed E-state index contributed by atoms with van der Waals surface area (Å²) in [6, 6.07) is 0. The lowest BCUT2D eigenvalue weighted by atomic mass is 9.91. The van der Waals surface area contributed by atoms with Gasteiger partial charge in [0.1, 0.15) is 5.54 Å². The first-order chi connectivity index (χ1) is 7.64. The third-order valence-corrected chi connectivity index (χ3v) is 5.16. The Labute approximate surface area is 102 Å². The lowest BCUT2D eigenvalue weighted by Crippen LogP contribution is -2.45. The van der Waals surface area contributed by atoms with Crippen molar-refractivity contribution in [1.29, 1.82) is 0 Å². The number of rotatable bonds is 3. The van der Waals surface area contributed by atoms with Crippen LogP contribution in [0, 0.1) is 5.92 Å². The average Bonchev–Trinajstić information content (AvgIpc) is 2.89. The maximum absolute atomic E-state index is 11.6. The molecule has 3 unspecified atom stereocenters. The van der Waals surface area contributed by atoms with Crippen LogP contribution in [0.25, 0.3) is 0 Å². The van der Waals surface area contributed by atoms with Crippen molar-refractivity contribution in [2.24, 2.45) is 5.92 Å². The molecule has 0 radical (unpaired) electrons. The molecule has 2 aliphatic rings. The second kappa shape index (κ2) is 4.96. The Morgan fingerprint density at radius 1 is 1.62 bits per heavy atom. The van der Waals surface area contributed by atoms with Crippen molar-refractivity contribution in [2.75, 3.05) is 19.4 Å². The second-order valence-electron chi connectivity index (χ2n) is 5.15.